The quantitative estimate of drug-likeness (QED) is 0.365. The van der Waals surface area contributed by atoms with Gasteiger partial charge < -0.3 is 19.3 Å². The van der Waals surface area contributed by atoms with Gasteiger partial charge in [-0.3, -0.25) is 14.6 Å². The van der Waals surface area contributed by atoms with E-state index in [2.05, 4.69) is 0 Å². The van der Waals surface area contributed by atoms with Crippen LogP contribution in [-0.4, -0.2) is 43.4 Å². The highest BCUT2D eigenvalue weighted by Crippen LogP contribution is 2.47. The van der Waals surface area contributed by atoms with E-state index in [0.29, 0.717) is 46.9 Å². The molecule has 1 N–H and O–H groups in total. The molecule has 1 unspecified atom stereocenters. The molecule has 206 valence electrons. The number of hydrogen-bond acceptors (Lipinski definition) is 7. The number of allylic oxidation sites excluding steroid dienone is 2. The van der Waals surface area contributed by atoms with Crippen molar-refractivity contribution in [2.75, 3.05) is 20.8 Å². The van der Waals surface area contributed by atoms with Gasteiger partial charge in [-0.1, -0.05) is 48.5 Å². The molecule has 1 aliphatic heterocycles. The molecule has 1 aliphatic carbocycles. The Morgan fingerprint density at radius 3 is 2.42 bits per heavy atom. The van der Waals surface area contributed by atoms with E-state index in [-0.39, 0.29) is 30.5 Å². The lowest BCUT2D eigenvalue weighted by molar-refractivity contribution is -0.146. The summed E-state index contributed by atoms with van der Waals surface area (Å²) in [5.74, 6) is -0.645. The third-order valence-electron chi connectivity index (χ3n) is 7.73. The summed E-state index contributed by atoms with van der Waals surface area (Å²) in [5, 5.41) is 10.3. The van der Waals surface area contributed by atoms with Crippen molar-refractivity contribution in [1.29, 1.82) is 0 Å². The first kappa shape index (κ1) is 27.2. The van der Waals surface area contributed by atoms with Gasteiger partial charge >= 0.3 is 5.97 Å². The van der Waals surface area contributed by atoms with E-state index in [9.17, 15) is 14.7 Å². The van der Waals surface area contributed by atoms with Crippen molar-refractivity contribution >= 4 is 17.5 Å². The zero-order chi connectivity index (χ0) is 28.2. The molecule has 3 aromatic rings. The molecule has 3 aromatic carbocycles. The van der Waals surface area contributed by atoms with Crippen molar-refractivity contribution in [2.24, 2.45) is 10.9 Å². The third kappa shape index (κ3) is 5.50. The van der Waals surface area contributed by atoms with Gasteiger partial charge in [0.1, 0.15) is 11.7 Å². The summed E-state index contributed by atoms with van der Waals surface area (Å²) in [6.07, 6.45) is 1.40. The fourth-order valence-corrected chi connectivity index (χ4v) is 5.79. The molecule has 0 saturated carbocycles. The molecule has 0 amide bonds. The van der Waals surface area contributed by atoms with Crippen molar-refractivity contribution in [3.05, 3.63) is 101 Å². The van der Waals surface area contributed by atoms with E-state index in [1.807, 2.05) is 61.5 Å². The number of ether oxygens (including phenoxy) is 3. The number of rotatable bonds is 8. The molecule has 7 nitrogen and oxygen atoms in total. The maximum atomic E-state index is 13.8. The second kappa shape index (κ2) is 11.8. The van der Waals surface area contributed by atoms with Gasteiger partial charge in [0.2, 0.25) is 0 Å². The van der Waals surface area contributed by atoms with E-state index in [1.54, 1.807) is 32.4 Å². The highest BCUT2D eigenvalue weighted by Gasteiger charge is 2.45. The Morgan fingerprint density at radius 1 is 0.925 bits per heavy atom. The lowest BCUT2D eigenvalue weighted by Crippen LogP contribution is -2.38. The van der Waals surface area contributed by atoms with Crippen LogP contribution in [0.25, 0.3) is 0 Å². The minimum Gasteiger partial charge on any atom is -0.508 e. The minimum absolute atomic E-state index is 0.0623. The molecular formula is C33H33NO6. The van der Waals surface area contributed by atoms with Gasteiger partial charge in [-0.05, 0) is 60.2 Å². The average Bonchev–Trinajstić information content (AvgIpc) is 2.96. The summed E-state index contributed by atoms with van der Waals surface area (Å²) < 4.78 is 16.6. The number of carbonyl (C=O) groups excluding carboxylic acids is 2. The summed E-state index contributed by atoms with van der Waals surface area (Å²) >= 11 is 0. The van der Waals surface area contributed by atoms with E-state index in [1.165, 1.54) is 0 Å². The number of aliphatic imine (C=N–C) groups is 1. The van der Waals surface area contributed by atoms with Crippen LogP contribution in [0.15, 0.2) is 89.1 Å². The van der Waals surface area contributed by atoms with Crippen molar-refractivity contribution in [2.45, 2.75) is 38.0 Å². The van der Waals surface area contributed by atoms with Crippen molar-refractivity contribution in [3.63, 3.8) is 0 Å². The Kier molecular flexibility index (Phi) is 8.01. The van der Waals surface area contributed by atoms with Crippen LogP contribution in [0, 0.1) is 5.92 Å². The first-order valence-corrected chi connectivity index (χ1v) is 13.4. The van der Waals surface area contributed by atoms with Gasteiger partial charge in [0.15, 0.2) is 17.3 Å². The number of phenols is 1. The summed E-state index contributed by atoms with van der Waals surface area (Å²) in [6, 6.07) is 22.3. The van der Waals surface area contributed by atoms with Gasteiger partial charge in [0.25, 0.3) is 0 Å². The minimum atomic E-state index is -0.766. The van der Waals surface area contributed by atoms with Gasteiger partial charge in [0, 0.05) is 35.7 Å². The van der Waals surface area contributed by atoms with Crippen LogP contribution < -0.4 is 9.47 Å². The smallest absolute Gasteiger partial charge is 0.315 e. The summed E-state index contributed by atoms with van der Waals surface area (Å²) in [5.41, 5.74) is 4.51. The number of benzene rings is 3. The highest BCUT2D eigenvalue weighted by atomic mass is 16.5. The molecule has 2 aliphatic rings. The number of hydrogen-bond donors (Lipinski definition) is 1. The van der Waals surface area contributed by atoms with Crippen LogP contribution in [0.5, 0.6) is 17.2 Å². The summed E-state index contributed by atoms with van der Waals surface area (Å²) in [7, 11) is 3.17. The molecule has 0 saturated heterocycles. The van der Waals surface area contributed by atoms with Crippen LogP contribution in [-0.2, 0) is 20.7 Å². The molecule has 0 bridgehead atoms. The monoisotopic (exact) mass is 539 g/mol. The van der Waals surface area contributed by atoms with Crippen LogP contribution >= 0.6 is 0 Å². The molecule has 7 heteroatoms. The largest absolute Gasteiger partial charge is 0.508 e. The predicted molar refractivity (Wildman–Crippen MR) is 152 cm³/mol. The number of nitrogens with zero attached hydrogens (tertiary/aromatic N) is 1. The second-order valence-corrected chi connectivity index (χ2v) is 10.2. The summed E-state index contributed by atoms with van der Waals surface area (Å²) in [6.45, 7) is 2.04. The van der Waals surface area contributed by atoms with E-state index in [4.69, 9.17) is 19.2 Å². The van der Waals surface area contributed by atoms with E-state index < -0.39 is 17.8 Å². The Morgan fingerprint density at radius 2 is 1.70 bits per heavy atom. The van der Waals surface area contributed by atoms with Crippen LogP contribution in [0.3, 0.4) is 0 Å². The molecule has 0 aromatic heterocycles. The van der Waals surface area contributed by atoms with Gasteiger partial charge in [-0.2, -0.15) is 0 Å². The Hall–Kier alpha value is -4.39. The predicted octanol–water partition coefficient (Wildman–Crippen LogP) is 5.77. The number of methoxy groups -OCH3 is 2. The Labute approximate surface area is 234 Å². The molecule has 0 fully saturated rings. The van der Waals surface area contributed by atoms with E-state index in [0.717, 1.165) is 11.1 Å². The standard InChI is InChI=1S/C33H33NO6/c1-20-30(33(37)40-15-14-21-8-5-4-6-9-21)31(23-10-7-11-25(35)16-23)32-26(34-20)17-24(18-27(32)36)22-12-13-28(38-2)29(19-22)39-3/h4-13,16,19,24,30-31,35H,14-15,17-18H2,1-3H3/t24-,30?,31-/m1/s1. The highest BCUT2D eigenvalue weighted by molar-refractivity contribution is 6.09. The molecule has 0 spiro atoms. The summed E-state index contributed by atoms with van der Waals surface area (Å²) in [4.78, 5) is 32.2. The molecule has 1 heterocycles. The van der Waals surface area contributed by atoms with Gasteiger partial charge in [-0.25, -0.2) is 0 Å². The Bertz CT molecular complexity index is 1480. The van der Waals surface area contributed by atoms with Crippen molar-refractivity contribution in [3.8, 4) is 17.2 Å². The van der Waals surface area contributed by atoms with Crippen LogP contribution in [0.4, 0.5) is 0 Å². The lowest BCUT2D eigenvalue weighted by Gasteiger charge is -2.36. The lowest BCUT2D eigenvalue weighted by atomic mass is 9.69. The third-order valence-corrected chi connectivity index (χ3v) is 7.73. The number of esters is 1. The Balaban J connectivity index is 1.46. The number of Topliss-reactive ketones (excluding diaryl/α,β-unsaturated/α-hetero) is 1. The fourth-order valence-electron chi connectivity index (χ4n) is 5.79. The zero-order valence-electron chi connectivity index (χ0n) is 22.9. The van der Waals surface area contributed by atoms with Gasteiger partial charge in [-0.15, -0.1) is 0 Å². The number of ketones is 1. The number of phenolic OH excluding ortho intramolecular Hbond substituents is 1. The number of aromatic hydroxyl groups is 1. The van der Waals surface area contributed by atoms with Crippen molar-refractivity contribution < 1.29 is 28.9 Å². The first-order valence-electron chi connectivity index (χ1n) is 13.4. The average molecular weight is 540 g/mol. The van der Waals surface area contributed by atoms with E-state index >= 15 is 0 Å². The SMILES string of the molecule is COc1ccc([C@H]2CC(=O)C3=C(C2)N=C(C)C(C(=O)OCCc2ccccc2)[C@H]3c2cccc(O)c2)cc1OC. The van der Waals surface area contributed by atoms with Crippen molar-refractivity contribution in [1.82, 2.24) is 0 Å². The zero-order valence-corrected chi connectivity index (χ0v) is 22.9. The van der Waals surface area contributed by atoms with Gasteiger partial charge in [0.05, 0.1) is 20.8 Å². The molecule has 3 atom stereocenters. The maximum absolute atomic E-state index is 13.8. The fraction of sp³-hybridized carbons (Fsp3) is 0.303. The second-order valence-electron chi connectivity index (χ2n) is 10.2. The number of carbonyl (C=O) groups is 2. The molecular weight excluding hydrogens is 506 g/mol. The maximum Gasteiger partial charge on any atom is 0.315 e. The first-order chi connectivity index (χ1) is 19.4. The normalized spacial score (nSPS) is 20.4. The molecule has 0 radical (unpaired) electrons. The topological polar surface area (TPSA) is 94.4 Å². The van der Waals surface area contributed by atoms with Crippen LogP contribution in [0.2, 0.25) is 0 Å². The molecule has 40 heavy (non-hydrogen) atoms. The molecule has 5 rings (SSSR count). The van der Waals surface area contributed by atoms with Crippen LogP contribution in [0.1, 0.15) is 48.3 Å².